The second-order valence-corrected chi connectivity index (χ2v) is 5.49. The summed E-state index contributed by atoms with van der Waals surface area (Å²) in [6, 6.07) is 5.94. The Hall–Kier alpha value is -0.940. The van der Waals surface area contributed by atoms with E-state index in [9.17, 15) is 4.79 Å². The molecule has 0 saturated heterocycles. The van der Waals surface area contributed by atoms with Crippen LogP contribution < -0.4 is 4.74 Å². The lowest BCUT2D eigenvalue weighted by Gasteiger charge is -2.06. The standard InChI is InChI=1S/C11H5Cl3O3S/c12-5-3-7(14)8(4-6(5)13)17-10-2-1-9(18-10)11(15)16/h1-4H,(H,15,16). The largest absolute Gasteiger partial charge is 0.477 e. The van der Waals surface area contributed by atoms with Crippen molar-refractivity contribution in [3.63, 3.8) is 0 Å². The van der Waals surface area contributed by atoms with E-state index in [1.165, 1.54) is 18.2 Å². The first-order chi connectivity index (χ1) is 8.47. The molecule has 0 fully saturated rings. The molecule has 0 bridgehead atoms. The van der Waals surface area contributed by atoms with Crippen LogP contribution in [0.4, 0.5) is 0 Å². The van der Waals surface area contributed by atoms with Gasteiger partial charge in [0.25, 0.3) is 0 Å². The lowest BCUT2D eigenvalue weighted by atomic mass is 10.3. The summed E-state index contributed by atoms with van der Waals surface area (Å²) in [6.07, 6.45) is 0. The van der Waals surface area contributed by atoms with E-state index < -0.39 is 5.97 Å². The highest BCUT2D eigenvalue weighted by atomic mass is 35.5. The number of thiophene rings is 1. The lowest BCUT2D eigenvalue weighted by Crippen LogP contribution is -1.89. The summed E-state index contributed by atoms with van der Waals surface area (Å²) in [4.78, 5) is 10.9. The second kappa shape index (κ2) is 5.36. The normalized spacial score (nSPS) is 10.4. The number of carboxylic acids is 1. The van der Waals surface area contributed by atoms with E-state index in [1.807, 2.05) is 0 Å². The lowest BCUT2D eigenvalue weighted by molar-refractivity contribution is 0.0702. The quantitative estimate of drug-likeness (QED) is 0.790. The van der Waals surface area contributed by atoms with Crippen LogP contribution in [-0.2, 0) is 0 Å². The van der Waals surface area contributed by atoms with Crippen molar-refractivity contribution in [2.24, 2.45) is 0 Å². The molecule has 2 rings (SSSR count). The molecule has 1 N–H and O–H groups in total. The van der Waals surface area contributed by atoms with Gasteiger partial charge < -0.3 is 9.84 Å². The number of ether oxygens (including phenoxy) is 1. The van der Waals surface area contributed by atoms with Crippen molar-refractivity contribution in [3.05, 3.63) is 44.2 Å². The number of aromatic carboxylic acids is 1. The maximum atomic E-state index is 10.7. The van der Waals surface area contributed by atoms with E-state index in [0.717, 1.165) is 11.3 Å². The highest BCUT2D eigenvalue weighted by Gasteiger charge is 2.11. The van der Waals surface area contributed by atoms with Gasteiger partial charge in [0.05, 0.1) is 15.1 Å². The fourth-order valence-corrected chi connectivity index (χ4v) is 2.46. The van der Waals surface area contributed by atoms with Gasteiger partial charge in [0, 0.05) is 6.07 Å². The minimum Gasteiger partial charge on any atom is -0.477 e. The Labute approximate surface area is 121 Å². The van der Waals surface area contributed by atoms with E-state index in [2.05, 4.69) is 0 Å². The van der Waals surface area contributed by atoms with Crippen molar-refractivity contribution < 1.29 is 14.6 Å². The van der Waals surface area contributed by atoms with Crippen LogP contribution in [0.15, 0.2) is 24.3 Å². The Balaban J connectivity index is 2.28. The molecular formula is C11H5Cl3O3S. The van der Waals surface area contributed by atoms with Gasteiger partial charge in [-0.1, -0.05) is 46.1 Å². The molecule has 18 heavy (non-hydrogen) atoms. The molecule has 1 aromatic heterocycles. The molecule has 94 valence electrons. The third kappa shape index (κ3) is 2.90. The molecule has 0 saturated carbocycles. The fourth-order valence-electron chi connectivity index (χ4n) is 1.18. The van der Waals surface area contributed by atoms with Gasteiger partial charge in [0.1, 0.15) is 10.6 Å². The summed E-state index contributed by atoms with van der Waals surface area (Å²) in [7, 11) is 0. The minimum absolute atomic E-state index is 0.182. The van der Waals surface area contributed by atoms with E-state index in [-0.39, 0.29) is 4.88 Å². The van der Waals surface area contributed by atoms with E-state index >= 15 is 0 Å². The van der Waals surface area contributed by atoms with Gasteiger partial charge in [-0.3, -0.25) is 0 Å². The number of halogens is 3. The maximum Gasteiger partial charge on any atom is 0.345 e. The van der Waals surface area contributed by atoms with Crippen LogP contribution >= 0.6 is 46.1 Å². The first-order valence-electron chi connectivity index (χ1n) is 4.63. The topological polar surface area (TPSA) is 46.5 Å². The van der Waals surface area contributed by atoms with Crippen LogP contribution in [0.3, 0.4) is 0 Å². The first-order valence-corrected chi connectivity index (χ1v) is 6.58. The Morgan fingerprint density at radius 2 is 1.78 bits per heavy atom. The predicted octanol–water partition coefficient (Wildman–Crippen LogP) is 5.20. The molecule has 0 unspecified atom stereocenters. The zero-order valence-electron chi connectivity index (χ0n) is 8.62. The molecule has 0 aliphatic rings. The van der Waals surface area contributed by atoms with Crippen LogP contribution in [0.5, 0.6) is 10.8 Å². The Kier molecular flexibility index (Phi) is 4.02. The minimum atomic E-state index is -1.00. The zero-order chi connectivity index (χ0) is 13.3. The van der Waals surface area contributed by atoms with Gasteiger partial charge in [-0.05, 0) is 18.2 Å². The molecule has 0 aliphatic heterocycles. The summed E-state index contributed by atoms with van der Waals surface area (Å²) in [5.74, 6) is -0.681. The molecule has 0 spiro atoms. The second-order valence-electron chi connectivity index (χ2n) is 3.22. The van der Waals surface area contributed by atoms with Crippen molar-refractivity contribution in [3.8, 4) is 10.8 Å². The van der Waals surface area contributed by atoms with Crippen LogP contribution in [0, 0.1) is 0 Å². The predicted molar refractivity (Wildman–Crippen MR) is 72.8 cm³/mol. The van der Waals surface area contributed by atoms with Gasteiger partial charge in [0.15, 0.2) is 5.06 Å². The molecule has 7 heteroatoms. The van der Waals surface area contributed by atoms with Crippen molar-refractivity contribution in [1.82, 2.24) is 0 Å². The average Bonchev–Trinajstić information content (AvgIpc) is 2.74. The van der Waals surface area contributed by atoms with Gasteiger partial charge >= 0.3 is 5.97 Å². The molecule has 0 amide bonds. The third-order valence-corrected chi connectivity index (χ3v) is 3.95. The fraction of sp³-hybridized carbons (Fsp3) is 0. The smallest absolute Gasteiger partial charge is 0.345 e. The van der Waals surface area contributed by atoms with Crippen LogP contribution in [0.2, 0.25) is 15.1 Å². The van der Waals surface area contributed by atoms with E-state index in [1.54, 1.807) is 6.07 Å². The van der Waals surface area contributed by atoms with Gasteiger partial charge in [-0.15, -0.1) is 0 Å². The summed E-state index contributed by atoms with van der Waals surface area (Å²) < 4.78 is 5.46. The van der Waals surface area contributed by atoms with Gasteiger partial charge in [-0.2, -0.15) is 0 Å². The number of benzene rings is 1. The molecule has 0 radical (unpaired) electrons. The molecule has 0 aliphatic carbocycles. The number of rotatable bonds is 3. The third-order valence-electron chi connectivity index (χ3n) is 1.98. The molecule has 1 heterocycles. The summed E-state index contributed by atoms with van der Waals surface area (Å²) in [5.41, 5.74) is 0. The average molecular weight is 324 g/mol. The highest BCUT2D eigenvalue weighted by Crippen LogP contribution is 2.38. The molecule has 0 atom stereocenters. The number of carbonyl (C=O) groups is 1. The number of hydrogen-bond acceptors (Lipinski definition) is 3. The number of carboxylic acid groups (broad SMARTS) is 1. The molecule has 2 aromatic rings. The Morgan fingerprint density at radius 3 is 2.39 bits per heavy atom. The maximum absolute atomic E-state index is 10.7. The zero-order valence-corrected chi connectivity index (χ0v) is 11.7. The van der Waals surface area contributed by atoms with E-state index in [4.69, 9.17) is 44.6 Å². The van der Waals surface area contributed by atoms with E-state index in [0.29, 0.717) is 25.9 Å². The van der Waals surface area contributed by atoms with Gasteiger partial charge in [-0.25, -0.2) is 4.79 Å². The van der Waals surface area contributed by atoms with Crippen molar-refractivity contribution in [2.75, 3.05) is 0 Å². The highest BCUT2D eigenvalue weighted by molar-refractivity contribution is 7.15. The number of hydrogen-bond donors (Lipinski definition) is 1. The SMILES string of the molecule is O=C(O)c1ccc(Oc2cc(Cl)c(Cl)cc2Cl)s1. The van der Waals surface area contributed by atoms with Crippen molar-refractivity contribution in [2.45, 2.75) is 0 Å². The van der Waals surface area contributed by atoms with Crippen molar-refractivity contribution in [1.29, 1.82) is 0 Å². The first kappa shape index (κ1) is 13.5. The van der Waals surface area contributed by atoms with Crippen LogP contribution in [0.25, 0.3) is 0 Å². The van der Waals surface area contributed by atoms with Gasteiger partial charge in [0.2, 0.25) is 0 Å². The summed E-state index contributed by atoms with van der Waals surface area (Å²) in [5, 5.41) is 10.1. The molecular weight excluding hydrogens is 319 g/mol. The van der Waals surface area contributed by atoms with Crippen LogP contribution in [-0.4, -0.2) is 11.1 Å². The Morgan fingerprint density at radius 1 is 1.11 bits per heavy atom. The Bertz CT molecular complexity index is 610. The summed E-state index contributed by atoms with van der Waals surface area (Å²) in [6.45, 7) is 0. The molecule has 3 nitrogen and oxygen atoms in total. The summed E-state index contributed by atoms with van der Waals surface area (Å²) >= 11 is 18.6. The van der Waals surface area contributed by atoms with Crippen molar-refractivity contribution >= 4 is 52.1 Å². The molecule has 1 aromatic carbocycles. The van der Waals surface area contributed by atoms with Crippen LogP contribution in [0.1, 0.15) is 9.67 Å². The monoisotopic (exact) mass is 322 g/mol.